The smallest absolute Gasteiger partial charge is 0.338 e. The van der Waals surface area contributed by atoms with Gasteiger partial charge in [-0.25, -0.2) is 13.2 Å². The Morgan fingerprint density at radius 1 is 1.33 bits per heavy atom. The van der Waals surface area contributed by atoms with Crippen LogP contribution in [0.3, 0.4) is 0 Å². The first-order valence-electron chi connectivity index (χ1n) is 6.68. The van der Waals surface area contributed by atoms with Crippen molar-refractivity contribution >= 4 is 25.7 Å². The Morgan fingerprint density at radius 3 is 2.52 bits per heavy atom. The monoisotopic (exact) mass is 334 g/mol. The van der Waals surface area contributed by atoms with E-state index in [4.69, 9.17) is 20.2 Å². The first-order valence-corrected chi connectivity index (χ1v) is 8.99. The van der Waals surface area contributed by atoms with Gasteiger partial charge in [0.1, 0.15) is 10.6 Å². The van der Waals surface area contributed by atoms with Crippen LogP contribution >= 0.6 is 10.7 Å². The lowest BCUT2D eigenvalue weighted by Gasteiger charge is -2.12. The molecule has 0 fully saturated rings. The zero-order valence-electron chi connectivity index (χ0n) is 12.3. The van der Waals surface area contributed by atoms with Crippen molar-refractivity contribution in [3.05, 3.63) is 23.8 Å². The molecule has 0 spiro atoms. The highest BCUT2D eigenvalue weighted by molar-refractivity contribution is 8.13. The number of hydrogen-bond donors (Lipinski definition) is 0. The molecular formula is C14H19ClO5S. The molecule has 0 amide bonds. The summed E-state index contributed by atoms with van der Waals surface area (Å²) in [4.78, 5) is 11.6. The van der Waals surface area contributed by atoms with E-state index >= 15 is 0 Å². The van der Waals surface area contributed by atoms with Gasteiger partial charge in [-0.15, -0.1) is 0 Å². The molecule has 1 rings (SSSR count). The molecule has 0 saturated heterocycles. The second kappa shape index (κ2) is 7.66. The SMILES string of the molecule is CCCCOc1ccc(C(=O)OC(C)C)cc1S(=O)(=O)Cl. The van der Waals surface area contributed by atoms with Gasteiger partial charge in [-0.1, -0.05) is 13.3 Å². The van der Waals surface area contributed by atoms with Gasteiger partial charge in [0, 0.05) is 10.7 Å². The molecule has 1 aromatic carbocycles. The van der Waals surface area contributed by atoms with Crippen LogP contribution in [-0.4, -0.2) is 27.1 Å². The summed E-state index contributed by atoms with van der Waals surface area (Å²) < 4.78 is 33.7. The van der Waals surface area contributed by atoms with Crippen LogP contribution in [-0.2, 0) is 13.8 Å². The summed E-state index contributed by atoms with van der Waals surface area (Å²) in [5.41, 5.74) is 0.116. The predicted octanol–water partition coefficient (Wildman–Crippen LogP) is 3.36. The van der Waals surface area contributed by atoms with Crippen LogP contribution in [0.1, 0.15) is 44.0 Å². The zero-order valence-corrected chi connectivity index (χ0v) is 13.8. The van der Waals surface area contributed by atoms with Gasteiger partial charge in [-0.3, -0.25) is 0 Å². The molecule has 21 heavy (non-hydrogen) atoms. The first kappa shape index (κ1) is 17.8. The number of ether oxygens (including phenoxy) is 2. The summed E-state index contributed by atoms with van der Waals surface area (Å²) >= 11 is 0. The van der Waals surface area contributed by atoms with Crippen molar-refractivity contribution < 1.29 is 22.7 Å². The third-order valence-corrected chi connectivity index (χ3v) is 3.88. The van der Waals surface area contributed by atoms with E-state index in [1.807, 2.05) is 6.92 Å². The lowest BCUT2D eigenvalue weighted by molar-refractivity contribution is 0.0377. The molecule has 0 bridgehead atoms. The molecule has 7 heteroatoms. The van der Waals surface area contributed by atoms with E-state index in [9.17, 15) is 13.2 Å². The van der Waals surface area contributed by atoms with E-state index in [1.165, 1.54) is 18.2 Å². The Hall–Kier alpha value is -1.27. The number of hydrogen-bond acceptors (Lipinski definition) is 5. The Balaban J connectivity index is 3.10. The molecule has 5 nitrogen and oxygen atoms in total. The Bertz CT molecular complexity index is 595. The maximum atomic E-state index is 11.8. The van der Waals surface area contributed by atoms with Crippen LogP contribution in [0.2, 0.25) is 0 Å². The highest BCUT2D eigenvalue weighted by Crippen LogP contribution is 2.28. The van der Waals surface area contributed by atoms with Crippen LogP contribution < -0.4 is 4.74 Å². The van der Waals surface area contributed by atoms with Crippen LogP contribution in [0.5, 0.6) is 5.75 Å². The summed E-state index contributed by atoms with van der Waals surface area (Å²) in [5, 5.41) is 0. The van der Waals surface area contributed by atoms with Gasteiger partial charge in [0.25, 0.3) is 9.05 Å². The number of unbranched alkanes of at least 4 members (excludes halogenated alkanes) is 1. The quantitative estimate of drug-likeness (QED) is 0.434. The molecule has 0 unspecified atom stereocenters. The van der Waals surface area contributed by atoms with Crippen molar-refractivity contribution in [1.29, 1.82) is 0 Å². The minimum Gasteiger partial charge on any atom is -0.492 e. The molecule has 0 N–H and O–H groups in total. The average molecular weight is 335 g/mol. The van der Waals surface area contributed by atoms with Crippen molar-refractivity contribution in [2.75, 3.05) is 6.61 Å². The van der Waals surface area contributed by atoms with Gasteiger partial charge in [0.2, 0.25) is 0 Å². The van der Waals surface area contributed by atoms with Gasteiger partial charge in [0.05, 0.1) is 18.3 Å². The minimum absolute atomic E-state index is 0.116. The van der Waals surface area contributed by atoms with Gasteiger partial charge >= 0.3 is 5.97 Å². The van der Waals surface area contributed by atoms with Gasteiger partial charge in [-0.05, 0) is 38.5 Å². The van der Waals surface area contributed by atoms with E-state index in [-0.39, 0.29) is 22.3 Å². The topological polar surface area (TPSA) is 69.7 Å². The molecule has 0 radical (unpaired) electrons. The number of benzene rings is 1. The van der Waals surface area contributed by atoms with E-state index in [0.29, 0.717) is 6.61 Å². The minimum atomic E-state index is -4.02. The summed E-state index contributed by atoms with van der Waals surface area (Å²) in [6.45, 7) is 5.79. The van der Waals surface area contributed by atoms with Crippen molar-refractivity contribution in [1.82, 2.24) is 0 Å². The average Bonchev–Trinajstić information content (AvgIpc) is 2.37. The molecule has 118 valence electrons. The molecule has 0 aromatic heterocycles. The standard InChI is InChI=1S/C14H19ClO5S/c1-4-5-8-19-12-7-6-11(14(16)20-10(2)3)9-13(12)21(15,17)18/h6-7,9-10H,4-5,8H2,1-3H3. The molecule has 0 saturated carbocycles. The van der Waals surface area contributed by atoms with Crippen LogP contribution in [0.4, 0.5) is 0 Å². The lowest BCUT2D eigenvalue weighted by atomic mass is 10.2. The zero-order chi connectivity index (χ0) is 16.0. The summed E-state index contributed by atoms with van der Waals surface area (Å²) in [7, 11) is 1.38. The highest BCUT2D eigenvalue weighted by Gasteiger charge is 2.20. The molecule has 0 heterocycles. The fraction of sp³-hybridized carbons (Fsp3) is 0.500. The van der Waals surface area contributed by atoms with Crippen LogP contribution in [0, 0.1) is 0 Å². The van der Waals surface area contributed by atoms with Gasteiger partial charge in [0.15, 0.2) is 0 Å². The number of carbonyl (C=O) groups is 1. The van der Waals surface area contributed by atoms with E-state index in [0.717, 1.165) is 12.8 Å². The van der Waals surface area contributed by atoms with Crippen LogP contribution in [0.15, 0.2) is 23.1 Å². The van der Waals surface area contributed by atoms with Crippen molar-refractivity contribution in [3.63, 3.8) is 0 Å². The first-order chi connectivity index (χ1) is 9.75. The molecule has 1 aromatic rings. The summed E-state index contributed by atoms with van der Waals surface area (Å²) in [5.74, 6) is -0.466. The lowest BCUT2D eigenvalue weighted by Crippen LogP contribution is -2.12. The number of halogens is 1. The molecular weight excluding hydrogens is 316 g/mol. The maximum absolute atomic E-state index is 11.8. The Labute approximate surface area is 129 Å². The second-order valence-corrected chi connectivity index (χ2v) is 7.29. The third kappa shape index (κ3) is 5.55. The third-order valence-electron chi connectivity index (χ3n) is 2.54. The number of carbonyl (C=O) groups excluding carboxylic acids is 1. The summed E-state index contributed by atoms with van der Waals surface area (Å²) in [6.07, 6.45) is 1.41. The van der Waals surface area contributed by atoms with E-state index < -0.39 is 15.0 Å². The molecule has 0 aliphatic rings. The Kier molecular flexibility index (Phi) is 6.48. The fourth-order valence-electron chi connectivity index (χ4n) is 1.55. The van der Waals surface area contributed by atoms with Gasteiger partial charge < -0.3 is 9.47 Å². The number of rotatable bonds is 7. The Morgan fingerprint density at radius 2 is 2.00 bits per heavy atom. The molecule has 0 aliphatic heterocycles. The van der Waals surface area contributed by atoms with Crippen molar-refractivity contribution in [2.24, 2.45) is 0 Å². The van der Waals surface area contributed by atoms with Crippen molar-refractivity contribution in [2.45, 2.75) is 44.6 Å². The fourth-order valence-corrected chi connectivity index (χ4v) is 2.55. The molecule has 0 aliphatic carbocycles. The van der Waals surface area contributed by atoms with E-state index in [2.05, 4.69) is 0 Å². The number of esters is 1. The second-order valence-electron chi connectivity index (χ2n) is 4.76. The van der Waals surface area contributed by atoms with Crippen LogP contribution in [0.25, 0.3) is 0 Å². The highest BCUT2D eigenvalue weighted by atomic mass is 35.7. The normalized spacial score (nSPS) is 11.5. The summed E-state index contributed by atoms with van der Waals surface area (Å²) in [6, 6.07) is 4.05. The largest absolute Gasteiger partial charge is 0.492 e. The van der Waals surface area contributed by atoms with E-state index in [1.54, 1.807) is 13.8 Å². The molecule has 0 atom stereocenters. The van der Waals surface area contributed by atoms with Crippen molar-refractivity contribution in [3.8, 4) is 5.75 Å². The van der Waals surface area contributed by atoms with Gasteiger partial charge in [-0.2, -0.15) is 0 Å². The predicted molar refractivity (Wildman–Crippen MR) is 80.4 cm³/mol. The maximum Gasteiger partial charge on any atom is 0.338 e.